The zero-order chi connectivity index (χ0) is 16.2. The van der Waals surface area contributed by atoms with Gasteiger partial charge >= 0.3 is 18.0 Å². The third kappa shape index (κ3) is 5.81. The van der Waals surface area contributed by atoms with E-state index in [0.717, 1.165) is 0 Å². The molecule has 0 unspecified atom stereocenters. The van der Waals surface area contributed by atoms with E-state index in [-0.39, 0.29) is 19.3 Å². The van der Waals surface area contributed by atoms with Crippen molar-refractivity contribution < 1.29 is 43.7 Å². The highest BCUT2D eigenvalue weighted by Gasteiger charge is 2.72. The maximum absolute atomic E-state index is 12.8. The van der Waals surface area contributed by atoms with E-state index >= 15 is 0 Å². The van der Waals surface area contributed by atoms with E-state index < -0.39 is 46.7 Å². The number of hydrogen-bond acceptors (Lipinski definition) is 2. The molecular formula is C9H13F7O3S. The highest BCUT2D eigenvalue weighted by atomic mass is 32.2. The van der Waals surface area contributed by atoms with Gasteiger partial charge in [-0.05, 0) is 12.8 Å². The molecule has 20 heavy (non-hydrogen) atoms. The van der Waals surface area contributed by atoms with Gasteiger partial charge in [-0.3, -0.25) is 4.55 Å². The van der Waals surface area contributed by atoms with Gasteiger partial charge in [0, 0.05) is 6.42 Å². The van der Waals surface area contributed by atoms with Crippen molar-refractivity contribution in [2.24, 2.45) is 0 Å². The Bertz CT molecular complexity index is 402. The molecule has 122 valence electrons. The lowest BCUT2D eigenvalue weighted by Crippen LogP contribution is -2.51. The minimum atomic E-state index is -6.33. The van der Waals surface area contributed by atoms with Crippen LogP contribution in [0.25, 0.3) is 0 Å². The molecule has 0 aromatic carbocycles. The van der Waals surface area contributed by atoms with Crippen LogP contribution in [0, 0.1) is 0 Å². The third-order valence-corrected chi connectivity index (χ3v) is 3.26. The van der Waals surface area contributed by atoms with Gasteiger partial charge < -0.3 is 0 Å². The van der Waals surface area contributed by atoms with E-state index in [1.54, 1.807) is 0 Å². The Morgan fingerprint density at radius 3 is 1.65 bits per heavy atom. The molecule has 3 nitrogen and oxygen atoms in total. The second-order valence-electron chi connectivity index (χ2n) is 4.23. The molecule has 0 aromatic rings. The molecule has 0 atom stereocenters. The van der Waals surface area contributed by atoms with Crippen molar-refractivity contribution in [3.63, 3.8) is 0 Å². The Labute approximate surface area is 110 Å². The van der Waals surface area contributed by atoms with Crippen LogP contribution in [-0.4, -0.2) is 36.7 Å². The minimum absolute atomic E-state index is 0.00740. The summed E-state index contributed by atoms with van der Waals surface area (Å²) < 4.78 is 115. The first-order valence-electron chi connectivity index (χ1n) is 5.48. The van der Waals surface area contributed by atoms with E-state index in [0.29, 0.717) is 0 Å². The summed E-state index contributed by atoms with van der Waals surface area (Å²) in [7, 11) is -4.20. The smallest absolute Gasteiger partial charge is 0.286 e. The van der Waals surface area contributed by atoms with Gasteiger partial charge in [0.25, 0.3) is 10.1 Å². The molecule has 0 aliphatic carbocycles. The summed E-state index contributed by atoms with van der Waals surface area (Å²) in [5.41, 5.74) is 0. The van der Waals surface area contributed by atoms with Crippen LogP contribution in [0.1, 0.15) is 32.1 Å². The summed E-state index contributed by atoms with van der Waals surface area (Å²) in [5, 5.41) is 0. The number of unbranched alkanes of at least 4 members (excludes halogenated alkanes) is 3. The summed E-state index contributed by atoms with van der Waals surface area (Å²) in [6, 6.07) is 0. The van der Waals surface area contributed by atoms with Gasteiger partial charge in [0.15, 0.2) is 0 Å². The number of halogens is 7. The van der Waals surface area contributed by atoms with Crippen molar-refractivity contribution in [2.45, 2.75) is 50.1 Å². The molecule has 0 bridgehead atoms. The summed E-state index contributed by atoms with van der Waals surface area (Å²) in [6.45, 7) is 0. The molecule has 1 N–H and O–H groups in total. The maximum atomic E-state index is 12.8. The molecule has 0 heterocycles. The van der Waals surface area contributed by atoms with Crippen molar-refractivity contribution >= 4 is 10.1 Å². The SMILES string of the molecule is O=S(=O)(O)CCCCCCC(F)(F)C(F)(F)C(F)(F)F. The van der Waals surface area contributed by atoms with Gasteiger partial charge in [-0.25, -0.2) is 0 Å². The number of alkyl halides is 7. The van der Waals surface area contributed by atoms with E-state index in [1.807, 2.05) is 0 Å². The monoisotopic (exact) mass is 334 g/mol. The Morgan fingerprint density at radius 2 is 1.25 bits per heavy atom. The topological polar surface area (TPSA) is 54.4 Å². The minimum Gasteiger partial charge on any atom is -0.286 e. The Morgan fingerprint density at radius 1 is 0.800 bits per heavy atom. The number of rotatable bonds is 8. The van der Waals surface area contributed by atoms with Crippen LogP contribution < -0.4 is 0 Å². The number of hydrogen-bond donors (Lipinski definition) is 1. The molecule has 0 rings (SSSR count). The van der Waals surface area contributed by atoms with Crippen LogP contribution in [-0.2, 0) is 10.1 Å². The van der Waals surface area contributed by atoms with Crippen LogP contribution in [0.4, 0.5) is 30.7 Å². The molecule has 0 radical (unpaired) electrons. The van der Waals surface area contributed by atoms with Gasteiger partial charge in [-0.1, -0.05) is 12.8 Å². The molecule has 11 heteroatoms. The van der Waals surface area contributed by atoms with Gasteiger partial charge in [-0.15, -0.1) is 0 Å². The lowest BCUT2D eigenvalue weighted by molar-refractivity contribution is -0.355. The summed E-state index contributed by atoms with van der Waals surface area (Å²) in [6.07, 6.45) is -8.86. The zero-order valence-electron chi connectivity index (χ0n) is 10.1. The van der Waals surface area contributed by atoms with Gasteiger partial charge in [0.1, 0.15) is 0 Å². The molecule has 0 amide bonds. The maximum Gasteiger partial charge on any atom is 0.459 e. The van der Waals surface area contributed by atoms with E-state index in [2.05, 4.69) is 0 Å². The van der Waals surface area contributed by atoms with Crippen LogP contribution in [0.3, 0.4) is 0 Å². The average Bonchev–Trinajstić information content (AvgIpc) is 2.19. The Hall–Kier alpha value is -0.580. The average molecular weight is 334 g/mol. The molecule has 0 saturated carbocycles. The van der Waals surface area contributed by atoms with E-state index in [9.17, 15) is 39.2 Å². The van der Waals surface area contributed by atoms with Crippen molar-refractivity contribution in [1.29, 1.82) is 0 Å². The van der Waals surface area contributed by atoms with Crippen molar-refractivity contribution in [2.75, 3.05) is 5.75 Å². The summed E-state index contributed by atoms with van der Waals surface area (Å²) in [5.74, 6) is -11.9. The summed E-state index contributed by atoms with van der Waals surface area (Å²) in [4.78, 5) is 0. The second-order valence-corrected chi connectivity index (χ2v) is 5.80. The molecule has 0 spiro atoms. The Kier molecular flexibility index (Phi) is 6.27. The third-order valence-electron chi connectivity index (χ3n) is 2.46. The molecular weight excluding hydrogens is 321 g/mol. The van der Waals surface area contributed by atoms with Crippen LogP contribution >= 0.6 is 0 Å². The van der Waals surface area contributed by atoms with Crippen molar-refractivity contribution in [1.82, 2.24) is 0 Å². The van der Waals surface area contributed by atoms with Crippen LogP contribution in [0.15, 0.2) is 0 Å². The lowest BCUT2D eigenvalue weighted by Gasteiger charge is -2.28. The molecule has 0 aromatic heterocycles. The van der Waals surface area contributed by atoms with Gasteiger partial charge in [0.2, 0.25) is 0 Å². The standard InChI is InChI=1S/C9H13F7O3S/c10-7(11,8(12,13)9(14,15)16)5-3-1-2-4-6-20(17,18)19/h1-6H2,(H,17,18,19). The highest BCUT2D eigenvalue weighted by Crippen LogP contribution is 2.48. The van der Waals surface area contributed by atoms with E-state index in [4.69, 9.17) is 4.55 Å². The molecule has 0 aliphatic heterocycles. The van der Waals surface area contributed by atoms with Crippen molar-refractivity contribution in [3.8, 4) is 0 Å². The molecule has 0 fully saturated rings. The lowest BCUT2D eigenvalue weighted by atomic mass is 10.0. The fourth-order valence-corrected chi connectivity index (χ4v) is 1.92. The van der Waals surface area contributed by atoms with E-state index in [1.165, 1.54) is 0 Å². The molecule has 0 saturated heterocycles. The molecule has 0 aliphatic rings. The first kappa shape index (κ1) is 19.4. The first-order valence-corrected chi connectivity index (χ1v) is 7.09. The van der Waals surface area contributed by atoms with Crippen LogP contribution in [0.2, 0.25) is 0 Å². The normalized spacial score (nSPS) is 14.6. The predicted octanol–water partition coefficient (Wildman–Crippen LogP) is 3.66. The van der Waals surface area contributed by atoms with Gasteiger partial charge in [0.05, 0.1) is 5.75 Å². The largest absolute Gasteiger partial charge is 0.459 e. The predicted molar refractivity (Wildman–Crippen MR) is 55.4 cm³/mol. The first-order chi connectivity index (χ1) is 8.71. The Balaban J connectivity index is 4.19. The fourth-order valence-electron chi connectivity index (χ4n) is 1.35. The van der Waals surface area contributed by atoms with Gasteiger partial charge in [-0.2, -0.15) is 39.2 Å². The second kappa shape index (κ2) is 6.46. The highest BCUT2D eigenvalue weighted by molar-refractivity contribution is 7.85. The summed E-state index contributed by atoms with van der Waals surface area (Å²) >= 11 is 0. The zero-order valence-corrected chi connectivity index (χ0v) is 10.9. The quantitative estimate of drug-likeness (QED) is 0.419. The van der Waals surface area contributed by atoms with Crippen LogP contribution in [0.5, 0.6) is 0 Å². The van der Waals surface area contributed by atoms with Crippen molar-refractivity contribution in [3.05, 3.63) is 0 Å². The fraction of sp³-hybridized carbons (Fsp3) is 1.00.